The summed E-state index contributed by atoms with van der Waals surface area (Å²) in [5.74, 6) is -0.0443. The van der Waals surface area contributed by atoms with E-state index >= 15 is 0 Å². The molecule has 1 aliphatic rings. The first kappa shape index (κ1) is 27.3. The van der Waals surface area contributed by atoms with Crippen molar-refractivity contribution in [1.29, 1.82) is 0 Å². The third-order valence-corrected chi connectivity index (χ3v) is 8.66. The summed E-state index contributed by atoms with van der Waals surface area (Å²) in [4.78, 5) is 37.2. The fraction of sp³-hybridized carbons (Fsp3) is 0.323. The van der Waals surface area contributed by atoms with Crippen LogP contribution in [0, 0.1) is 6.92 Å². The number of thiazole rings is 1. The lowest BCUT2D eigenvalue weighted by Gasteiger charge is -2.33. The second-order valence-corrected chi connectivity index (χ2v) is 11.3. The molecule has 0 bridgehead atoms. The number of para-hydroxylation sites is 1. The number of piperazine rings is 1. The number of nitrogens with zero attached hydrogens (tertiary/aromatic N) is 4. The molecule has 0 unspecified atom stereocenters. The van der Waals surface area contributed by atoms with Crippen LogP contribution in [0.2, 0.25) is 5.02 Å². The van der Waals surface area contributed by atoms with Crippen molar-refractivity contribution < 1.29 is 4.79 Å². The molecule has 1 saturated heterocycles. The zero-order chi connectivity index (χ0) is 27.7. The molecule has 1 aliphatic heterocycles. The number of likely N-dealkylation sites (N-methyl/N-ethyl adjacent to an activating group) is 1. The maximum absolute atomic E-state index is 14.3. The lowest BCUT2D eigenvalue weighted by Crippen LogP contribution is -2.47. The summed E-state index contributed by atoms with van der Waals surface area (Å²) < 4.78 is 1.76. The zero-order valence-corrected chi connectivity index (χ0v) is 24.4. The van der Waals surface area contributed by atoms with E-state index in [2.05, 4.69) is 37.9 Å². The Balaban J connectivity index is 1.72. The quantitative estimate of drug-likeness (QED) is 0.286. The van der Waals surface area contributed by atoms with Gasteiger partial charge in [-0.3, -0.25) is 14.2 Å². The van der Waals surface area contributed by atoms with E-state index in [9.17, 15) is 9.59 Å². The number of carbonyl (C=O) groups is 1. The minimum atomic E-state index is -0.157. The van der Waals surface area contributed by atoms with Gasteiger partial charge in [-0.05, 0) is 56.1 Å². The number of rotatable bonds is 6. The maximum Gasteiger partial charge on any atom is 0.265 e. The fourth-order valence-electron chi connectivity index (χ4n) is 5.18. The third kappa shape index (κ3) is 5.31. The van der Waals surface area contributed by atoms with Gasteiger partial charge in [0.15, 0.2) is 0 Å². The third-order valence-electron chi connectivity index (χ3n) is 7.53. The summed E-state index contributed by atoms with van der Waals surface area (Å²) in [5, 5.41) is 3.20. The first-order valence-electron chi connectivity index (χ1n) is 13.4. The van der Waals surface area contributed by atoms with E-state index in [1.165, 1.54) is 11.3 Å². The zero-order valence-electron chi connectivity index (χ0n) is 22.8. The molecule has 8 heteroatoms. The molecule has 6 nitrogen and oxygen atoms in total. The summed E-state index contributed by atoms with van der Waals surface area (Å²) in [6, 6.07) is 15.4. The van der Waals surface area contributed by atoms with E-state index in [1.807, 2.05) is 47.5 Å². The molecule has 5 rings (SSSR count). The molecule has 2 aromatic heterocycles. The van der Waals surface area contributed by atoms with Crippen molar-refractivity contribution in [2.45, 2.75) is 33.6 Å². The number of aryl methyl sites for hydroxylation is 2. The van der Waals surface area contributed by atoms with Crippen LogP contribution >= 0.6 is 22.9 Å². The van der Waals surface area contributed by atoms with Crippen LogP contribution in [0.1, 0.15) is 41.0 Å². The van der Waals surface area contributed by atoms with Crippen LogP contribution in [0.15, 0.2) is 58.7 Å². The van der Waals surface area contributed by atoms with E-state index in [0.29, 0.717) is 39.9 Å². The van der Waals surface area contributed by atoms with Gasteiger partial charge in [-0.25, -0.2) is 4.98 Å². The van der Waals surface area contributed by atoms with E-state index < -0.39 is 0 Å². The number of benzene rings is 2. The van der Waals surface area contributed by atoms with Gasteiger partial charge in [0.2, 0.25) is 0 Å². The Morgan fingerprint density at radius 1 is 1.00 bits per heavy atom. The number of hydrogen-bond acceptors (Lipinski definition) is 5. The van der Waals surface area contributed by atoms with Crippen LogP contribution in [-0.2, 0) is 12.8 Å². The minimum Gasteiger partial charge on any atom is -0.336 e. The number of hydrogen-bond donors (Lipinski definition) is 0. The van der Waals surface area contributed by atoms with Gasteiger partial charge in [0, 0.05) is 47.8 Å². The summed E-state index contributed by atoms with van der Waals surface area (Å²) in [5.41, 5.74) is 6.23. The van der Waals surface area contributed by atoms with Crippen LogP contribution in [0.3, 0.4) is 0 Å². The topological polar surface area (TPSA) is 58.4 Å². The highest BCUT2D eigenvalue weighted by molar-refractivity contribution is 7.13. The van der Waals surface area contributed by atoms with Crippen molar-refractivity contribution in [3.05, 3.63) is 91.7 Å². The van der Waals surface area contributed by atoms with E-state index in [1.54, 1.807) is 10.6 Å². The Labute approximate surface area is 238 Å². The Morgan fingerprint density at radius 2 is 1.64 bits per heavy atom. The van der Waals surface area contributed by atoms with Crippen LogP contribution in [0.25, 0.3) is 27.5 Å². The van der Waals surface area contributed by atoms with E-state index in [-0.39, 0.29) is 11.5 Å². The van der Waals surface area contributed by atoms with Gasteiger partial charge in [-0.2, -0.15) is 0 Å². The molecule has 202 valence electrons. The Hall–Kier alpha value is -3.26. The normalized spacial score (nSPS) is 14.1. The highest BCUT2D eigenvalue weighted by Gasteiger charge is 2.27. The van der Waals surface area contributed by atoms with Gasteiger partial charge in [0.25, 0.3) is 11.5 Å². The molecule has 39 heavy (non-hydrogen) atoms. The average Bonchev–Trinajstić information content (AvgIpc) is 3.43. The first-order chi connectivity index (χ1) is 18.8. The number of halogens is 1. The molecule has 4 aromatic rings. The van der Waals surface area contributed by atoms with Crippen LogP contribution in [-0.4, -0.2) is 58.5 Å². The molecule has 0 aliphatic carbocycles. The minimum absolute atomic E-state index is 0.0443. The second kappa shape index (κ2) is 11.5. The molecule has 0 spiro atoms. The highest BCUT2D eigenvalue weighted by atomic mass is 35.5. The summed E-state index contributed by atoms with van der Waals surface area (Å²) >= 11 is 7.49. The molecular weight excluding hydrogens is 528 g/mol. The van der Waals surface area contributed by atoms with E-state index in [0.717, 1.165) is 54.0 Å². The van der Waals surface area contributed by atoms with Crippen molar-refractivity contribution in [2.24, 2.45) is 0 Å². The Kier molecular flexibility index (Phi) is 8.03. The predicted octanol–water partition coefficient (Wildman–Crippen LogP) is 6.10. The highest BCUT2D eigenvalue weighted by Crippen LogP contribution is 2.31. The lowest BCUT2D eigenvalue weighted by molar-refractivity contribution is 0.0662. The molecule has 0 saturated carbocycles. The molecule has 0 radical (unpaired) electrons. The van der Waals surface area contributed by atoms with Gasteiger partial charge >= 0.3 is 0 Å². The summed E-state index contributed by atoms with van der Waals surface area (Å²) in [7, 11) is 2.07. The lowest BCUT2D eigenvalue weighted by atomic mass is 10.0. The monoisotopic (exact) mass is 560 g/mol. The maximum atomic E-state index is 14.3. The number of amides is 1. The smallest absolute Gasteiger partial charge is 0.265 e. The van der Waals surface area contributed by atoms with Gasteiger partial charge in [-0.15, -0.1) is 11.3 Å². The van der Waals surface area contributed by atoms with Crippen LogP contribution in [0.5, 0.6) is 0 Å². The van der Waals surface area contributed by atoms with Gasteiger partial charge < -0.3 is 9.80 Å². The molecule has 0 N–H and O–H groups in total. The standard InChI is InChI=1S/C31H33ClN4O2S/c1-5-21-8-7-9-22(6-2)28(21)36-20(3)25(30(37)35-16-14-34(4)15-17-35)18-26(31(36)38)29-33-27(19-39-29)23-10-12-24(32)13-11-23/h7-13,18-19H,5-6,14-17H2,1-4H3. The Morgan fingerprint density at radius 3 is 2.26 bits per heavy atom. The van der Waals surface area contributed by atoms with Crippen molar-refractivity contribution >= 4 is 28.8 Å². The number of pyridine rings is 1. The molecule has 0 atom stereocenters. The molecule has 3 heterocycles. The summed E-state index contributed by atoms with van der Waals surface area (Å²) in [6.45, 7) is 9.05. The van der Waals surface area contributed by atoms with Gasteiger partial charge in [0.1, 0.15) is 5.01 Å². The molecule has 2 aromatic carbocycles. The van der Waals surface area contributed by atoms with Gasteiger partial charge in [0.05, 0.1) is 22.5 Å². The first-order valence-corrected chi connectivity index (χ1v) is 14.7. The van der Waals surface area contributed by atoms with Crippen molar-refractivity contribution in [1.82, 2.24) is 19.4 Å². The van der Waals surface area contributed by atoms with E-state index in [4.69, 9.17) is 16.6 Å². The number of aromatic nitrogens is 2. The van der Waals surface area contributed by atoms with Crippen LogP contribution < -0.4 is 5.56 Å². The van der Waals surface area contributed by atoms with Crippen molar-refractivity contribution in [3.63, 3.8) is 0 Å². The molecule has 1 fully saturated rings. The van der Waals surface area contributed by atoms with Crippen molar-refractivity contribution in [3.8, 4) is 27.5 Å². The average molecular weight is 561 g/mol. The van der Waals surface area contributed by atoms with Crippen LogP contribution in [0.4, 0.5) is 0 Å². The fourth-order valence-corrected chi connectivity index (χ4v) is 6.14. The molecule has 1 amide bonds. The largest absolute Gasteiger partial charge is 0.336 e. The summed E-state index contributed by atoms with van der Waals surface area (Å²) in [6.07, 6.45) is 1.55. The van der Waals surface area contributed by atoms with Gasteiger partial charge in [-0.1, -0.05) is 55.8 Å². The molecular formula is C31H33ClN4O2S. The predicted molar refractivity (Wildman–Crippen MR) is 160 cm³/mol. The number of carbonyl (C=O) groups excluding carboxylic acids is 1. The SMILES string of the molecule is CCc1cccc(CC)c1-n1c(C)c(C(=O)N2CCN(C)CC2)cc(-c2nc(-c3ccc(Cl)cc3)cs2)c1=O. The Bertz CT molecular complexity index is 1540. The van der Waals surface area contributed by atoms with Crippen molar-refractivity contribution in [2.75, 3.05) is 33.2 Å². The second-order valence-electron chi connectivity index (χ2n) is 9.97.